The molecule has 0 fully saturated rings. The average Bonchev–Trinajstić information content (AvgIpc) is 2.75. The molecule has 0 bridgehead atoms. The lowest BCUT2D eigenvalue weighted by Gasteiger charge is -2.00. The quantitative estimate of drug-likeness (QED) is 0.738. The predicted molar refractivity (Wildman–Crippen MR) is 50.0 cm³/mol. The van der Waals surface area contributed by atoms with Gasteiger partial charge in [0.2, 0.25) is 0 Å². The number of thiophene rings is 1. The number of carboxylic acid groups (broad SMARTS) is 1. The Labute approximate surface area is 78.9 Å². The Morgan fingerprint density at radius 2 is 2.62 bits per heavy atom. The number of nitrogens with one attached hydrogen (secondary N) is 1. The largest absolute Gasteiger partial charge is 0.480 e. The molecule has 2 heterocycles. The monoisotopic (exact) mass is 196 g/mol. The second-order valence-electron chi connectivity index (χ2n) is 2.76. The van der Waals surface area contributed by atoms with Gasteiger partial charge in [-0.2, -0.15) is 5.10 Å². The molecule has 1 aromatic rings. The maximum absolute atomic E-state index is 10.6. The standard InChI is InChI=1S/C8H8N2O2S/c11-8(12)6-4-5(9-10-6)7-2-1-3-13-7/h1-3,6,10H,4H2,(H,11,12). The van der Waals surface area contributed by atoms with Crippen LogP contribution in [0.5, 0.6) is 0 Å². The molecule has 2 N–H and O–H groups in total. The van der Waals surface area contributed by atoms with E-state index in [-0.39, 0.29) is 0 Å². The molecule has 13 heavy (non-hydrogen) atoms. The van der Waals surface area contributed by atoms with E-state index in [2.05, 4.69) is 10.5 Å². The summed E-state index contributed by atoms with van der Waals surface area (Å²) in [5, 5.41) is 14.6. The van der Waals surface area contributed by atoms with Crippen molar-refractivity contribution in [1.29, 1.82) is 0 Å². The average molecular weight is 196 g/mol. The molecule has 0 saturated carbocycles. The minimum absolute atomic E-state index is 0.468. The molecule has 1 aliphatic rings. The Hall–Kier alpha value is -1.36. The molecular formula is C8H8N2O2S. The van der Waals surface area contributed by atoms with Crippen LogP contribution in [0.25, 0.3) is 0 Å². The van der Waals surface area contributed by atoms with Crippen molar-refractivity contribution in [1.82, 2.24) is 5.43 Å². The molecule has 0 spiro atoms. The van der Waals surface area contributed by atoms with Crippen LogP contribution in [0.3, 0.4) is 0 Å². The Bertz CT molecular complexity index is 345. The summed E-state index contributed by atoms with van der Waals surface area (Å²) in [6, 6.07) is 3.31. The number of carbonyl (C=O) groups is 1. The van der Waals surface area contributed by atoms with Crippen LogP contribution < -0.4 is 5.43 Å². The zero-order valence-electron chi connectivity index (χ0n) is 6.73. The first-order chi connectivity index (χ1) is 6.27. The summed E-state index contributed by atoms with van der Waals surface area (Å²) >= 11 is 1.57. The summed E-state index contributed by atoms with van der Waals surface area (Å²) < 4.78 is 0. The lowest BCUT2D eigenvalue weighted by Crippen LogP contribution is -2.29. The van der Waals surface area contributed by atoms with Gasteiger partial charge in [0.1, 0.15) is 6.04 Å². The highest BCUT2D eigenvalue weighted by Gasteiger charge is 2.25. The van der Waals surface area contributed by atoms with Gasteiger partial charge < -0.3 is 5.11 Å². The van der Waals surface area contributed by atoms with Crippen LogP contribution in [0.15, 0.2) is 22.6 Å². The van der Waals surface area contributed by atoms with Crippen molar-refractivity contribution in [3.05, 3.63) is 22.4 Å². The number of hydrogen-bond acceptors (Lipinski definition) is 4. The molecule has 1 unspecified atom stereocenters. The molecule has 1 atom stereocenters. The number of aliphatic carboxylic acids is 1. The zero-order valence-corrected chi connectivity index (χ0v) is 7.54. The van der Waals surface area contributed by atoms with Gasteiger partial charge in [-0.3, -0.25) is 5.43 Å². The van der Waals surface area contributed by atoms with Gasteiger partial charge in [0.05, 0.1) is 10.6 Å². The zero-order chi connectivity index (χ0) is 9.26. The number of nitrogens with zero attached hydrogens (tertiary/aromatic N) is 1. The predicted octanol–water partition coefficient (Wildman–Crippen LogP) is 0.899. The second-order valence-corrected chi connectivity index (χ2v) is 3.71. The van der Waals surface area contributed by atoms with E-state index in [0.717, 1.165) is 10.6 Å². The van der Waals surface area contributed by atoms with Crippen LogP contribution >= 0.6 is 11.3 Å². The summed E-state index contributed by atoms with van der Waals surface area (Å²) in [4.78, 5) is 11.6. The Morgan fingerprint density at radius 3 is 3.15 bits per heavy atom. The summed E-state index contributed by atoms with van der Waals surface area (Å²) in [6.07, 6.45) is 0.468. The SMILES string of the molecule is O=C(O)C1CC(c2cccs2)=NN1. The van der Waals surface area contributed by atoms with E-state index in [9.17, 15) is 4.79 Å². The molecule has 4 nitrogen and oxygen atoms in total. The summed E-state index contributed by atoms with van der Waals surface area (Å²) in [5.74, 6) is -0.852. The van der Waals surface area contributed by atoms with E-state index in [4.69, 9.17) is 5.11 Å². The second kappa shape index (κ2) is 3.18. The van der Waals surface area contributed by atoms with Crippen LogP contribution in [0.2, 0.25) is 0 Å². The molecule has 0 saturated heterocycles. The van der Waals surface area contributed by atoms with Crippen LogP contribution in [-0.4, -0.2) is 22.8 Å². The number of carboxylic acids is 1. The first-order valence-corrected chi connectivity index (χ1v) is 4.74. The maximum Gasteiger partial charge on any atom is 0.328 e. The van der Waals surface area contributed by atoms with Crippen LogP contribution in [0.4, 0.5) is 0 Å². The lowest BCUT2D eigenvalue weighted by molar-refractivity contribution is -0.139. The van der Waals surface area contributed by atoms with Gasteiger partial charge >= 0.3 is 5.97 Å². The van der Waals surface area contributed by atoms with Crippen LogP contribution in [0.1, 0.15) is 11.3 Å². The highest BCUT2D eigenvalue weighted by Crippen LogP contribution is 2.16. The molecule has 0 aromatic carbocycles. The third-order valence-corrected chi connectivity index (χ3v) is 2.78. The highest BCUT2D eigenvalue weighted by molar-refractivity contribution is 7.12. The van der Waals surface area contributed by atoms with Gasteiger partial charge in [-0.1, -0.05) is 6.07 Å². The van der Waals surface area contributed by atoms with Gasteiger partial charge in [-0.15, -0.1) is 11.3 Å². The molecule has 0 radical (unpaired) electrons. The first kappa shape index (κ1) is 8.25. The first-order valence-electron chi connectivity index (χ1n) is 3.86. The van der Waals surface area contributed by atoms with Crippen LogP contribution in [0, 0.1) is 0 Å². The Morgan fingerprint density at radius 1 is 1.77 bits per heavy atom. The number of rotatable bonds is 2. The molecule has 1 aromatic heterocycles. The van der Waals surface area contributed by atoms with E-state index in [1.165, 1.54) is 0 Å². The van der Waals surface area contributed by atoms with E-state index in [1.807, 2.05) is 17.5 Å². The van der Waals surface area contributed by atoms with E-state index in [1.54, 1.807) is 11.3 Å². The molecule has 0 aliphatic carbocycles. The van der Waals surface area contributed by atoms with Gasteiger partial charge in [0.15, 0.2) is 0 Å². The summed E-state index contributed by atoms with van der Waals surface area (Å²) in [5.41, 5.74) is 3.43. The third-order valence-electron chi connectivity index (χ3n) is 1.86. The Balaban J connectivity index is 2.10. The van der Waals surface area contributed by atoms with Crippen molar-refractivity contribution >= 4 is 23.0 Å². The lowest BCUT2D eigenvalue weighted by atomic mass is 10.1. The maximum atomic E-state index is 10.6. The number of hydrazone groups is 1. The van der Waals surface area contributed by atoms with Crippen molar-refractivity contribution in [2.45, 2.75) is 12.5 Å². The number of hydrogen-bond donors (Lipinski definition) is 2. The molecule has 5 heteroatoms. The topological polar surface area (TPSA) is 61.7 Å². The summed E-state index contributed by atoms with van der Waals surface area (Å²) in [6.45, 7) is 0. The van der Waals surface area contributed by atoms with Crippen molar-refractivity contribution in [2.24, 2.45) is 5.10 Å². The molecule has 2 rings (SSSR count). The molecular weight excluding hydrogens is 188 g/mol. The fourth-order valence-electron chi connectivity index (χ4n) is 1.18. The smallest absolute Gasteiger partial charge is 0.328 e. The van der Waals surface area contributed by atoms with Crippen LogP contribution in [-0.2, 0) is 4.79 Å². The fourth-order valence-corrected chi connectivity index (χ4v) is 1.91. The Kier molecular flexibility index (Phi) is 2.02. The van der Waals surface area contributed by atoms with Crippen molar-refractivity contribution in [3.8, 4) is 0 Å². The van der Waals surface area contributed by atoms with E-state index in [0.29, 0.717) is 6.42 Å². The van der Waals surface area contributed by atoms with Gasteiger partial charge in [0, 0.05) is 6.42 Å². The van der Waals surface area contributed by atoms with E-state index < -0.39 is 12.0 Å². The molecule has 1 aliphatic heterocycles. The normalized spacial score (nSPS) is 20.9. The minimum atomic E-state index is -0.852. The van der Waals surface area contributed by atoms with E-state index >= 15 is 0 Å². The fraction of sp³-hybridized carbons (Fsp3) is 0.250. The molecule has 0 amide bonds. The molecule has 68 valence electrons. The highest BCUT2D eigenvalue weighted by atomic mass is 32.1. The minimum Gasteiger partial charge on any atom is -0.480 e. The summed E-state index contributed by atoms with van der Waals surface area (Å²) in [7, 11) is 0. The van der Waals surface area contributed by atoms with Gasteiger partial charge in [-0.25, -0.2) is 4.79 Å². The van der Waals surface area contributed by atoms with Crippen molar-refractivity contribution < 1.29 is 9.90 Å². The van der Waals surface area contributed by atoms with Gasteiger partial charge in [-0.05, 0) is 11.4 Å². The third kappa shape index (κ3) is 1.55. The van der Waals surface area contributed by atoms with Crippen molar-refractivity contribution in [2.75, 3.05) is 0 Å². The van der Waals surface area contributed by atoms with Gasteiger partial charge in [0.25, 0.3) is 0 Å². The van der Waals surface area contributed by atoms with Crippen molar-refractivity contribution in [3.63, 3.8) is 0 Å².